The summed E-state index contributed by atoms with van der Waals surface area (Å²) < 4.78 is 5.58. The molecule has 1 amide bonds. The SMILES string of the molecule is CC(C)(C)OC(=O)N1C2CCC1CC(NCc1ccc(C#N)cc1)C2. The molecule has 2 bridgehead atoms. The quantitative estimate of drug-likeness (QED) is 0.912. The molecule has 2 heterocycles. The molecule has 2 unspecified atom stereocenters. The molecule has 5 heteroatoms. The van der Waals surface area contributed by atoms with Gasteiger partial charge in [0.15, 0.2) is 0 Å². The molecule has 0 aliphatic carbocycles. The number of rotatable bonds is 3. The van der Waals surface area contributed by atoms with Gasteiger partial charge in [-0.15, -0.1) is 0 Å². The monoisotopic (exact) mass is 341 g/mol. The maximum Gasteiger partial charge on any atom is 0.410 e. The Morgan fingerprint density at radius 3 is 2.36 bits per heavy atom. The minimum absolute atomic E-state index is 0.162. The van der Waals surface area contributed by atoms with Crippen molar-refractivity contribution in [2.24, 2.45) is 0 Å². The minimum Gasteiger partial charge on any atom is -0.444 e. The van der Waals surface area contributed by atoms with Crippen LogP contribution in [0.5, 0.6) is 0 Å². The minimum atomic E-state index is -0.443. The van der Waals surface area contributed by atoms with Crippen molar-refractivity contribution in [1.29, 1.82) is 5.26 Å². The first-order valence-corrected chi connectivity index (χ1v) is 9.09. The summed E-state index contributed by atoms with van der Waals surface area (Å²) >= 11 is 0. The van der Waals surface area contributed by atoms with E-state index in [9.17, 15) is 4.79 Å². The zero-order valence-electron chi connectivity index (χ0n) is 15.3. The molecule has 0 spiro atoms. The predicted molar refractivity (Wildman–Crippen MR) is 95.9 cm³/mol. The van der Waals surface area contributed by atoms with Gasteiger partial charge in [-0.2, -0.15) is 5.26 Å². The average Bonchev–Trinajstić information content (AvgIpc) is 2.83. The normalized spacial score (nSPS) is 25.5. The van der Waals surface area contributed by atoms with Gasteiger partial charge in [0.05, 0.1) is 11.6 Å². The van der Waals surface area contributed by atoms with E-state index in [0.29, 0.717) is 11.6 Å². The van der Waals surface area contributed by atoms with Crippen LogP contribution < -0.4 is 5.32 Å². The van der Waals surface area contributed by atoms with Gasteiger partial charge in [-0.25, -0.2) is 4.79 Å². The Morgan fingerprint density at radius 1 is 1.24 bits per heavy atom. The van der Waals surface area contributed by atoms with Gasteiger partial charge in [-0.3, -0.25) is 0 Å². The number of benzene rings is 1. The highest BCUT2D eigenvalue weighted by Gasteiger charge is 2.44. The summed E-state index contributed by atoms with van der Waals surface area (Å²) in [4.78, 5) is 14.5. The number of hydrogen-bond donors (Lipinski definition) is 1. The van der Waals surface area contributed by atoms with Crippen LogP contribution in [0, 0.1) is 11.3 Å². The molecule has 1 aromatic carbocycles. The fourth-order valence-corrected chi connectivity index (χ4v) is 3.92. The predicted octanol–water partition coefficient (Wildman–Crippen LogP) is 3.58. The van der Waals surface area contributed by atoms with Gasteiger partial charge in [-0.1, -0.05) is 12.1 Å². The molecule has 134 valence electrons. The van der Waals surface area contributed by atoms with Gasteiger partial charge < -0.3 is 15.0 Å². The highest BCUT2D eigenvalue weighted by atomic mass is 16.6. The maximum atomic E-state index is 12.5. The first kappa shape index (κ1) is 17.8. The van der Waals surface area contributed by atoms with E-state index in [1.54, 1.807) is 0 Å². The standard InChI is InChI=1S/C20H27N3O2/c1-20(2,3)25-19(24)23-17-8-9-18(23)11-16(10-17)22-13-15-6-4-14(12-21)5-7-15/h4-7,16-18,22H,8-11,13H2,1-3H3. The third kappa shape index (κ3) is 4.32. The summed E-state index contributed by atoms with van der Waals surface area (Å²) in [7, 11) is 0. The summed E-state index contributed by atoms with van der Waals surface area (Å²) in [6, 6.07) is 10.8. The lowest BCUT2D eigenvalue weighted by Gasteiger charge is -2.39. The number of nitrogens with one attached hydrogen (secondary N) is 1. The lowest BCUT2D eigenvalue weighted by molar-refractivity contribution is 0.00466. The summed E-state index contributed by atoms with van der Waals surface area (Å²) in [6.07, 6.45) is 3.93. The number of carbonyl (C=O) groups excluding carboxylic acids is 1. The van der Waals surface area contributed by atoms with Gasteiger partial charge in [0.2, 0.25) is 0 Å². The number of nitrogens with zero attached hydrogens (tertiary/aromatic N) is 2. The van der Waals surface area contributed by atoms with Crippen molar-refractivity contribution in [3.8, 4) is 6.07 Å². The van der Waals surface area contributed by atoms with Crippen LogP contribution >= 0.6 is 0 Å². The highest BCUT2D eigenvalue weighted by molar-refractivity contribution is 5.69. The molecule has 2 saturated heterocycles. The number of piperidine rings is 1. The molecule has 5 nitrogen and oxygen atoms in total. The Balaban J connectivity index is 1.54. The Hall–Kier alpha value is -2.06. The number of nitriles is 1. The Labute approximate surface area is 150 Å². The molecule has 3 rings (SSSR count). The molecule has 2 atom stereocenters. The van der Waals surface area contributed by atoms with Crippen LogP contribution in [0.2, 0.25) is 0 Å². The topological polar surface area (TPSA) is 65.4 Å². The van der Waals surface area contributed by atoms with E-state index in [0.717, 1.165) is 32.2 Å². The number of hydrogen-bond acceptors (Lipinski definition) is 4. The van der Waals surface area contributed by atoms with E-state index in [1.807, 2.05) is 49.9 Å². The number of fused-ring (bicyclic) bond motifs is 2. The van der Waals surface area contributed by atoms with Crippen LogP contribution in [0.3, 0.4) is 0 Å². The zero-order chi connectivity index (χ0) is 18.0. The molecule has 0 radical (unpaired) electrons. The van der Waals surface area contributed by atoms with E-state index < -0.39 is 5.60 Å². The van der Waals surface area contributed by atoms with Gasteiger partial charge in [-0.05, 0) is 64.2 Å². The lowest BCUT2D eigenvalue weighted by Crippen LogP contribution is -2.52. The summed E-state index contributed by atoms with van der Waals surface area (Å²) in [5.74, 6) is 0. The van der Waals surface area contributed by atoms with Crippen molar-refractivity contribution in [2.45, 2.75) is 76.7 Å². The third-order valence-electron chi connectivity index (χ3n) is 5.02. The van der Waals surface area contributed by atoms with Crippen LogP contribution in [0.25, 0.3) is 0 Å². The number of amides is 1. The van der Waals surface area contributed by atoms with Gasteiger partial charge in [0.1, 0.15) is 5.60 Å². The first-order valence-electron chi connectivity index (χ1n) is 9.09. The third-order valence-corrected chi connectivity index (χ3v) is 5.02. The van der Waals surface area contributed by atoms with Crippen molar-refractivity contribution < 1.29 is 9.53 Å². The lowest BCUT2D eigenvalue weighted by atomic mass is 9.97. The van der Waals surface area contributed by atoms with Gasteiger partial charge in [0, 0.05) is 24.7 Å². The molecule has 1 N–H and O–H groups in total. The number of ether oxygens (including phenoxy) is 1. The van der Waals surface area contributed by atoms with E-state index in [1.165, 1.54) is 5.56 Å². The van der Waals surface area contributed by atoms with Crippen molar-refractivity contribution >= 4 is 6.09 Å². The molecule has 0 aromatic heterocycles. The molecular formula is C20H27N3O2. The van der Waals surface area contributed by atoms with Gasteiger partial charge >= 0.3 is 6.09 Å². The molecule has 2 aliphatic heterocycles. The Bertz CT molecular complexity index is 643. The van der Waals surface area contributed by atoms with Crippen LogP contribution in [-0.4, -0.2) is 34.7 Å². The van der Waals surface area contributed by atoms with E-state index in [-0.39, 0.29) is 18.2 Å². The van der Waals surface area contributed by atoms with Crippen LogP contribution in [0.15, 0.2) is 24.3 Å². The van der Waals surface area contributed by atoms with Crippen LogP contribution in [0.1, 0.15) is 57.6 Å². The smallest absolute Gasteiger partial charge is 0.410 e. The van der Waals surface area contributed by atoms with Crippen molar-refractivity contribution in [1.82, 2.24) is 10.2 Å². The fraction of sp³-hybridized carbons (Fsp3) is 0.600. The Kier molecular flexibility index (Phi) is 5.01. The summed E-state index contributed by atoms with van der Waals surface area (Å²) in [5, 5.41) is 12.5. The van der Waals surface area contributed by atoms with E-state index >= 15 is 0 Å². The van der Waals surface area contributed by atoms with Gasteiger partial charge in [0.25, 0.3) is 0 Å². The van der Waals surface area contributed by atoms with Crippen molar-refractivity contribution in [3.05, 3.63) is 35.4 Å². The fourth-order valence-electron chi connectivity index (χ4n) is 3.92. The maximum absolute atomic E-state index is 12.5. The second-order valence-corrected chi connectivity index (χ2v) is 8.13. The van der Waals surface area contributed by atoms with Crippen LogP contribution in [-0.2, 0) is 11.3 Å². The molecule has 0 saturated carbocycles. The molecular weight excluding hydrogens is 314 g/mol. The summed E-state index contributed by atoms with van der Waals surface area (Å²) in [5.41, 5.74) is 1.43. The van der Waals surface area contributed by atoms with E-state index in [4.69, 9.17) is 10.00 Å². The zero-order valence-corrected chi connectivity index (χ0v) is 15.3. The Morgan fingerprint density at radius 2 is 1.84 bits per heavy atom. The second-order valence-electron chi connectivity index (χ2n) is 8.13. The molecule has 2 fully saturated rings. The molecule has 1 aromatic rings. The summed E-state index contributed by atoms with van der Waals surface area (Å²) in [6.45, 7) is 6.54. The number of carbonyl (C=O) groups is 1. The van der Waals surface area contributed by atoms with Crippen LogP contribution in [0.4, 0.5) is 4.79 Å². The van der Waals surface area contributed by atoms with Crippen molar-refractivity contribution in [3.63, 3.8) is 0 Å². The van der Waals surface area contributed by atoms with E-state index in [2.05, 4.69) is 11.4 Å². The first-order chi connectivity index (χ1) is 11.9. The van der Waals surface area contributed by atoms with Crippen molar-refractivity contribution in [2.75, 3.05) is 0 Å². The highest BCUT2D eigenvalue weighted by Crippen LogP contribution is 2.36. The largest absolute Gasteiger partial charge is 0.444 e. The molecule has 25 heavy (non-hydrogen) atoms. The average molecular weight is 341 g/mol. The molecule has 2 aliphatic rings. The second kappa shape index (κ2) is 7.05.